The first-order chi connectivity index (χ1) is 8.66. The van der Waals surface area contributed by atoms with Crippen LogP contribution >= 0.6 is 0 Å². The molecule has 6 nitrogen and oxygen atoms in total. The molecule has 1 aliphatic heterocycles. The Bertz CT molecular complexity index is 282. The van der Waals surface area contributed by atoms with Crippen molar-refractivity contribution in [1.82, 2.24) is 4.90 Å². The summed E-state index contributed by atoms with van der Waals surface area (Å²) in [4.78, 5) is 24.4. The van der Waals surface area contributed by atoms with Crippen molar-refractivity contribution >= 4 is 11.9 Å². The van der Waals surface area contributed by atoms with Crippen molar-refractivity contribution in [3.63, 3.8) is 0 Å². The van der Waals surface area contributed by atoms with Crippen LogP contribution in [0.2, 0.25) is 0 Å². The SMILES string of the molecule is COCCOCCC(=O)N1CCCCC1C(=O)O. The van der Waals surface area contributed by atoms with Crippen LogP contribution in [0.4, 0.5) is 0 Å². The number of piperidine rings is 1. The lowest BCUT2D eigenvalue weighted by Gasteiger charge is -2.33. The van der Waals surface area contributed by atoms with E-state index in [4.69, 9.17) is 14.6 Å². The van der Waals surface area contributed by atoms with Crippen LogP contribution in [0.25, 0.3) is 0 Å². The summed E-state index contributed by atoms with van der Waals surface area (Å²) in [6.45, 7) is 1.79. The molecule has 1 unspecified atom stereocenters. The van der Waals surface area contributed by atoms with E-state index in [9.17, 15) is 9.59 Å². The van der Waals surface area contributed by atoms with Crippen molar-refractivity contribution < 1.29 is 24.2 Å². The van der Waals surface area contributed by atoms with Gasteiger partial charge < -0.3 is 19.5 Å². The molecule has 1 heterocycles. The fraction of sp³-hybridized carbons (Fsp3) is 0.833. The summed E-state index contributed by atoms with van der Waals surface area (Å²) >= 11 is 0. The van der Waals surface area contributed by atoms with Gasteiger partial charge in [-0.1, -0.05) is 0 Å². The number of nitrogens with zero attached hydrogens (tertiary/aromatic N) is 1. The molecule has 18 heavy (non-hydrogen) atoms. The largest absolute Gasteiger partial charge is 0.480 e. The average Bonchev–Trinajstić information content (AvgIpc) is 2.38. The van der Waals surface area contributed by atoms with Crippen LogP contribution in [0.5, 0.6) is 0 Å². The number of aliphatic carboxylic acids is 1. The zero-order chi connectivity index (χ0) is 13.4. The molecular formula is C12H21NO5. The van der Waals surface area contributed by atoms with E-state index in [0.29, 0.717) is 32.8 Å². The van der Waals surface area contributed by atoms with Crippen LogP contribution in [0, 0.1) is 0 Å². The van der Waals surface area contributed by atoms with Crippen LogP contribution < -0.4 is 0 Å². The number of rotatable bonds is 7. The molecule has 6 heteroatoms. The molecule has 1 aliphatic rings. The second kappa shape index (κ2) is 8.05. The molecule has 0 radical (unpaired) electrons. The molecule has 0 spiro atoms. The number of ether oxygens (including phenoxy) is 2. The summed E-state index contributed by atoms with van der Waals surface area (Å²) in [7, 11) is 1.58. The lowest BCUT2D eigenvalue weighted by Crippen LogP contribution is -2.48. The Morgan fingerprint density at radius 1 is 1.28 bits per heavy atom. The summed E-state index contributed by atoms with van der Waals surface area (Å²) < 4.78 is 10.0. The maximum Gasteiger partial charge on any atom is 0.326 e. The van der Waals surface area contributed by atoms with Crippen LogP contribution in [0.1, 0.15) is 25.7 Å². The van der Waals surface area contributed by atoms with Crippen molar-refractivity contribution in [1.29, 1.82) is 0 Å². The first-order valence-electron chi connectivity index (χ1n) is 6.25. The summed E-state index contributed by atoms with van der Waals surface area (Å²) in [6, 6.07) is -0.662. The van der Waals surface area contributed by atoms with Gasteiger partial charge >= 0.3 is 5.97 Å². The van der Waals surface area contributed by atoms with E-state index in [1.54, 1.807) is 7.11 Å². The number of carbonyl (C=O) groups excluding carboxylic acids is 1. The molecule has 1 atom stereocenters. The van der Waals surface area contributed by atoms with E-state index in [0.717, 1.165) is 12.8 Å². The standard InChI is InChI=1S/C12H21NO5/c1-17-8-9-18-7-5-11(14)13-6-3-2-4-10(13)12(15)16/h10H,2-9H2,1H3,(H,15,16). The Balaban J connectivity index is 2.32. The van der Waals surface area contributed by atoms with Gasteiger partial charge in [0.05, 0.1) is 26.2 Å². The molecule has 1 saturated heterocycles. The first-order valence-corrected chi connectivity index (χ1v) is 6.25. The van der Waals surface area contributed by atoms with Crippen molar-refractivity contribution in [2.45, 2.75) is 31.7 Å². The second-order valence-electron chi connectivity index (χ2n) is 4.29. The van der Waals surface area contributed by atoms with Gasteiger partial charge in [0, 0.05) is 13.7 Å². The number of methoxy groups -OCH3 is 1. The second-order valence-corrected chi connectivity index (χ2v) is 4.29. The van der Waals surface area contributed by atoms with Crippen molar-refractivity contribution in [3.05, 3.63) is 0 Å². The Labute approximate surface area is 107 Å². The number of hydrogen-bond donors (Lipinski definition) is 1. The van der Waals surface area contributed by atoms with Gasteiger partial charge in [0.15, 0.2) is 0 Å². The highest BCUT2D eigenvalue weighted by Crippen LogP contribution is 2.18. The highest BCUT2D eigenvalue weighted by molar-refractivity contribution is 5.83. The molecule has 1 rings (SSSR count). The Morgan fingerprint density at radius 2 is 2.06 bits per heavy atom. The average molecular weight is 259 g/mol. The van der Waals surface area contributed by atoms with Gasteiger partial charge in [-0.3, -0.25) is 4.79 Å². The number of likely N-dealkylation sites (tertiary alicyclic amines) is 1. The summed E-state index contributed by atoms with van der Waals surface area (Å²) in [5.41, 5.74) is 0. The zero-order valence-electron chi connectivity index (χ0n) is 10.8. The Hall–Kier alpha value is -1.14. The molecule has 0 bridgehead atoms. The van der Waals surface area contributed by atoms with Crippen molar-refractivity contribution in [3.8, 4) is 0 Å². The monoisotopic (exact) mass is 259 g/mol. The summed E-state index contributed by atoms with van der Waals surface area (Å²) in [5.74, 6) is -1.05. The van der Waals surface area contributed by atoms with E-state index < -0.39 is 12.0 Å². The molecular weight excluding hydrogens is 238 g/mol. The molecule has 0 saturated carbocycles. The maximum atomic E-state index is 11.9. The van der Waals surface area contributed by atoms with Gasteiger partial charge in [0.1, 0.15) is 6.04 Å². The van der Waals surface area contributed by atoms with Gasteiger partial charge in [-0.05, 0) is 19.3 Å². The van der Waals surface area contributed by atoms with E-state index >= 15 is 0 Å². The minimum atomic E-state index is -0.914. The van der Waals surface area contributed by atoms with Crippen LogP contribution in [0.15, 0.2) is 0 Å². The van der Waals surface area contributed by atoms with Gasteiger partial charge in [-0.2, -0.15) is 0 Å². The number of hydrogen-bond acceptors (Lipinski definition) is 4. The van der Waals surface area contributed by atoms with E-state index in [-0.39, 0.29) is 12.3 Å². The first kappa shape index (κ1) is 14.9. The Kier molecular flexibility index (Phi) is 6.67. The molecule has 1 N–H and O–H groups in total. The topological polar surface area (TPSA) is 76.1 Å². The fourth-order valence-corrected chi connectivity index (χ4v) is 2.03. The lowest BCUT2D eigenvalue weighted by atomic mass is 10.0. The highest BCUT2D eigenvalue weighted by atomic mass is 16.5. The molecule has 104 valence electrons. The quantitative estimate of drug-likeness (QED) is 0.674. The molecule has 0 aromatic heterocycles. The van der Waals surface area contributed by atoms with Gasteiger partial charge in [0.2, 0.25) is 5.91 Å². The number of carboxylic acid groups (broad SMARTS) is 1. The van der Waals surface area contributed by atoms with Crippen molar-refractivity contribution in [2.75, 3.05) is 33.5 Å². The highest BCUT2D eigenvalue weighted by Gasteiger charge is 2.31. The van der Waals surface area contributed by atoms with Gasteiger partial charge in [-0.25, -0.2) is 4.79 Å². The van der Waals surface area contributed by atoms with Crippen LogP contribution in [0.3, 0.4) is 0 Å². The normalized spacial score (nSPS) is 19.8. The third-order valence-electron chi connectivity index (χ3n) is 3.00. The number of carboxylic acids is 1. The predicted octanol–water partition coefficient (Wildman–Crippen LogP) is 0.505. The lowest BCUT2D eigenvalue weighted by molar-refractivity contribution is -0.152. The molecule has 0 aromatic rings. The van der Waals surface area contributed by atoms with E-state index in [1.807, 2.05) is 0 Å². The number of amides is 1. The van der Waals surface area contributed by atoms with Gasteiger partial charge in [0.25, 0.3) is 0 Å². The van der Waals surface area contributed by atoms with E-state index in [1.165, 1.54) is 4.90 Å². The zero-order valence-corrected chi connectivity index (χ0v) is 10.8. The molecule has 0 aliphatic carbocycles. The van der Waals surface area contributed by atoms with Crippen molar-refractivity contribution in [2.24, 2.45) is 0 Å². The summed E-state index contributed by atoms with van der Waals surface area (Å²) in [6.07, 6.45) is 2.52. The third-order valence-corrected chi connectivity index (χ3v) is 3.00. The smallest absolute Gasteiger partial charge is 0.326 e. The number of carbonyl (C=O) groups is 2. The fourth-order valence-electron chi connectivity index (χ4n) is 2.03. The van der Waals surface area contributed by atoms with Gasteiger partial charge in [-0.15, -0.1) is 0 Å². The third kappa shape index (κ3) is 4.62. The minimum absolute atomic E-state index is 0.139. The van der Waals surface area contributed by atoms with Crippen LogP contribution in [-0.2, 0) is 19.1 Å². The minimum Gasteiger partial charge on any atom is -0.480 e. The summed E-state index contributed by atoms with van der Waals surface area (Å²) in [5, 5.41) is 9.06. The predicted molar refractivity (Wildman–Crippen MR) is 64.3 cm³/mol. The van der Waals surface area contributed by atoms with E-state index in [2.05, 4.69) is 0 Å². The van der Waals surface area contributed by atoms with Crippen LogP contribution in [-0.4, -0.2) is 61.4 Å². The molecule has 1 fully saturated rings. The Morgan fingerprint density at radius 3 is 2.72 bits per heavy atom. The molecule has 0 aromatic carbocycles. The molecule has 1 amide bonds. The maximum absolute atomic E-state index is 11.9.